The number of methoxy groups -OCH3 is 1. The van der Waals surface area contributed by atoms with Gasteiger partial charge in [-0.05, 0) is 66.8 Å². The average molecular weight is 608 g/mol. The summed E-state index contributed by atoms with van der Waals surface area (Å²) in [5.74, 6) is 1.76. The predicted molar refractivity (Wildman–Crippen MR) is 169 cm³/mol. The molecule has 0 unspecified atom stereocenters. The lowest BCUT2D eigenvalue weighted by molar-refractivity contribution is -0.139. The van der Waals surface area contributed by atoms with Crippen LogP contribution in [-0.2, 0) is 37.0 Å². The van der Waals surface area contributed by atoms with Crippen LogP contribution in [0.1, 0.15) is 54.7 Å². The Hall–Kier alpha value is -2.69. The number of benzene rings is 2. The second kappa shape index (κ2) is 15.5. The zero-order valence-electron chi connectivity index (χ0n) is 26.2. The van der Waals surface area contributed by atoms with Gasteiger partial charge in [0.1, 0.15) is 19.0 Å². The van der Waals surface area contributed by atoms with Crippen LogP contribution in [0.3, 0.4) is 0 Å². The molecule has 3 atom stereocenters. The van der Waals surface area contributed by atoms with Crippen LogP contribution in [0.5, 0.6) is 5.75 Å². The lowest BCUT2D eigenvalue weighted by Crippen LogP contribution is -2.51. The highest BCUT2D eigenvalue weighted by atomic mass is 16.5. The SMILES string of the molecule is COCCCN1CCOc2ccc(CO[C@H]3CNC[C@@H](OCC(=O)N4CCCC4)[C@@H]3c3ccc(COCC4CC4)cc3)cc21. The van der Waals surface area contributed by atoms with Crippen molar-refractivity contribution in [3.63, 3.8) is 0 Å². The molecule has 3 aliphatic heterocycles. The molecule has 0 spiro atoms. The fourth-order valence-corrected chi connectivity index (χ4v) is 6.56. The molecule has 0 bridgehead atoms. The van der Waals surface area contributed by atoms with Crippen LogP contribution in [0, 0.1) is 5.92 Å². The van der Waals surface area contributed by atoms with E-state index in [1.165, 1.54) is 24.0 Å². The van der Waals surface area contributed by atoms with Gasteiger partial charge >= 0.3 is 0 Å². The maximum atomic E-state index is 12.9. The first-order valence-corrected chi connectivity index (χ1v) is 16.6. The molecule has 1 N–H and O–H groups in total. The minimum absolute atomic E-state index is 0.00411. The third-order valence-electron chi connectivity index (χ3n) is 9.28. The zero-order chi connectivity index (χ0) is 30.1. The Morgan fingerprint density at radius 1 is 0.955 bits per heavy atom. The number of hydrogen-bond donors (Lipinski definition) is 1. The molecule has 6 rings (SSSR count). The van der Waals surface area contributed by atoms with Crippen molar-refractivity contribution in [2.45, 2.75) is 63.4 Å². The number of ether oxygens (including phenoxy) is 5. The van der Waals surface area contributed by atoms with Crippen molar-refractivity contribution in [1.29, 1.82) is 0 Å². The summed E-state index contributed by atoms with van der Waals surface area (Å²) in [5, 5.41) is 3.52. The minimum atomic E-state index is -0.175. The smallest absolute Gasteiger partial charge is 0.248 e. The molecule has 0 radical (unpaired) electrons. The van der Waals surface area contributed by atoms with E-state index >= 15 is 0 Å². The van der Waals surface area contributed by atoms with Crippen molar-refractivity contribution in [2.24, 2.45) is 5.92 Å². The van der Waals surface area contributed by atoms with Gasteiger partial charge < -0.3 is 38.8 Å². The summed E-state index contributed by atoms with van der Waals surface area (Å²) in [4.78, 5) is 17.2. The summed E-state index contributed by atoms with van der Waals surface area (Å²) in [6.07, 6.45) is 5.42. The minimum Gasteiger partial charge on any atom is -0.490 e. The van der Waals surface area contributed by atoms with E-state index in [0.29, 0.717) is 32.9 Å². The van der Waals surface area contributed by atoms with Crippen LogP contribution in [0.15, 0.2) is 42.5 Å². The molecule has 3 heterocycles. The fourth-order valence-electron chi connectivity index (χ4n) is 6.56. The molecule has 4 aliphatic rings. The van der Waals surface area contributed by atoms with Gasteiger partial charge in [-0.3, -0.25) is 4.79 Å². The first kappa shape index (κ1) is 31.3. The summed E-state index contributed by atoms with van der Waals surface area (Å²) in [5.41, 5.74) is 4.58. The van der Waals surface area contributed by atoms with Crippen molar-refractivity contribution in [3.05, 3.63) is 59.2 Å². The summed E-state index contributed by atoms with van der Waals surface area (Å²) >= 11 is 0. The number of likely N-dealkylation sites (tertiary alicyclic amines) is 1. The highest BCUT2D eigenvalue weighted by Gasteiger charge is 2.37. The number of fused-ring (bicyclic) bond motifs is 1. The number of carbonyl (C=O) groups is 1. The summed E-state index contributed by atoms with van der Waals surface area (Å²) in [6.45, 7) is 8.37. The summed E-state index contributed by atoms with van der Waals surface area (Å²) < 4.78 is 30.2. The summed E-state index contributed by atoms with van der Waals surface area (Å²) in [7, 11) is 1.75. The van der Waals surface area contributed by atoms with Gasteiger partial charge in [0.2, 0.25) is 5.91 Å². The van der Waals surface area contributed by atoms with Crippen LogP contribution in [0.2, 0.25) is 0 Å². The van der Waals surface area contributed by atoms with Gasteiger partial charge in [-0.1, -0.05) is 30.3 Å². The van der Waals surface area contributed by atoms with Gasteiger partial charge in [0.05, 0.1) is 37.7 Å². The topological polar surface area (TPSA) is 81.7 Å². The molecular weight excluding hydrogens is 558 g/mol. The number of piperidine rings is 1. The second-order valence-electron chi connectivity index (χ2n) is 12.7. The van der Waals surface area contributed by atoms with Crippen LogP contribution in [-0.4, -0.2) is 95.8 Å². The molecule has 240 valence electrons. The van der Waals surface area contributed by atoms with Crippen LogP contribution >= 0.6 is 0 Å². The first-order chi connectivity index (χ1) is 21.7. The maximum absolute atomic E-state index is 12.9. The van der Waals surface area contributed by atoms with Gasteiger partial charge in [0.15, 0.2) is 0 Å². The molecule has 0 aromatic heterocycles. The molecule has 2 aromatic carbocycles. The molecule has 3 fully saturated rings. The molecule has 9 nitrogen and oxygen atoms in total. The Kier molecular flexibility index (Phi) is 11.1. The van der Waals surface area contributed by atoms with E-state index in [9.17, 15) is 4.79 Å². The maximum Gasteiger partial charge on any atom is 0.248 e. The quantitative estimate of drug-likeness (QED) is 0.303. The summed E-state index contributed by atoms with van der Waals surface area (Å²) in [6, 6.07) is 15.1. The van der Waals surface area contributed by atoms with Crippen molar-refractivity contribution in [2.75, 3.05) is 77.7 Å². The molecular formula is C35H49N3O6. The van der Waals surface area contributed by atoms with Crippen molar-refractivity contribution >= 4 is 11.6 Å². The van der Waals surface area contributed by atoms with E-state index in [2.05, 4.69) is 52.7 Å². The Bertz CT molecular complexity index is 1200. The Labute approximate surface area is 262 Å². The largest absolute Gasteiger partial charge is 0.490 e. The van der Waals surface area contributed by atoms with Crippen molar-refractivity contribution < 1.29 is 28.5 Å². The van der Waals surface area contributed by atoms with Gasteiger partial charge in [-0.25, -0.2) is 0 Å². The number of carbonyl (C=O) groups excluding carboxylic acids is 1. The number of amides is 1. The number of anilines is 1. The van der Waals surface area contributed by atoms with Gasteiger partial charge in [0, 0.05) is 59.0 Å². The Morgan fingerprint density at radius 3 is 2.50 bits per heavy atom. The predicted octanol–water partition coefficient (Wildman–Crippen LogP) is 4.13. The number of nitrogens with one attached hydrogen (secondary N) is 1. The van der Waals surface area contributed by atoms with Crippen molar-refractivity contribution in [1.82, 2.24) is 10.2 Å². The monoisotopic (exact) mass is 607 g/mol. The molecule has 1 saturated carbocycles. The standard InChI is InChI=1S/C35H49N3O6/c1-40-17-4-15-37-16-18-42-31-12-9-28(19-30(31)37)24-43-32-20-36-21-33(44-25-34(39)38-13-2-3-14-38)35(32)29-10-7-27(8-11-29)23-41-22-26-5-6-26/h7-12,19,26,32-33,35-36H,2-6,13-18,20-25H2,1H3/t32-,33+,35+/m0/s1. The molecule has 1 amide bonds. The van der Waals surface area contributed by atoms with E-state index in [0.717, 1.165) is 81.6 Å². The van der Waals surface area contributed by atoms with Crippen LogP contribution < -0.4 is 15.0 Å². The zero-order valence-corrected chi connectivity index (χ0v) is 26.2. The fraction of sp³-hybridized carbons (Fsp3) is 0.629. The third-order valence-corrected chi connectivity index (χ3v) is 9.28. The van der Waals surface area contributed by atoms with Crippen molar-refractivity contribution in [3.8, 4) is 5.75 Å². The van der Waals surface area contributed by atoms with E-state index in [1.807, 2.05) is 4.90 Å². The van der Waals surface area contributed by atoms with Gasteiger partial charge in [-0.2, -0.15) is 0 Å². The highest BCUT2D eigenvalue weighted by molar-refractivity contribution is 5.77. The Balaban J connectivity index is 1.14. The normalized spacial score (nSPS) is 23.4. The number of rotatable bonds is 15. The van der Waals surface area contributed by atoms with E-state index in [-0.39, 0.29) is 30.6 Å². The van der Waals surface area contributed by atoms with E-state index in [4.69, 9.17) is 23.7 Å². The molecule has 9 heteroatoms. The van der Waals surface area contributed by atoms with Gasteiger partial charge in [-0.15, -0.1) is 0 Å². The molecule has 2 aromatic rings. The van der Waals surface area contributed by atoms with E-state index in [1.54, 1.807) is 7.11 Å². The first-order valence-electron chi connectivity index (χ1n) is 16.6. The molecule has 44 heavy (non-hydrogen) atoms. The number of hydrogen-bond acceptors (Lipinski definition) is 8. The average Bonchev–Trinajstić information content (AvgIpc) is 3.71. The molecule has 2 saturated heterocycles. The third kappa shape index (κ3) is 8.31. The van der Waals surface area contributed by atoms with E-state index < -0.39 is 0 Å². The second-order valence-corrected chi connectivity index (χ2v) is 12.7. The van der Waals surface area contributed by atoms with Crippen LogP contribution in [0.25, 0.3) is 0 Å². The van der Waals surface area contributed by atoms with Crippen LogP contribution in [0.4, 0.5) is 5.69 Å². The lowest BCUT2D eigenvalue weighted by atomic mass is 9.85. The number of nitrogens with zero attached hydrogens (tertiary/aromatic N) is 2. The Morgan fingerprint density at radius 2 is 1.73 bits per heavy atom. The lowest BCUT2D eigenvalue weighted by Gasteiger charge is -2.39. The molecule has 1 aliphatic carbocycles. The highest BCUT2D eigenvalue weighted by Crippen LogP contribution is 2.35. The van der Waals surface area contributed by atoms with Gasteiger partial charge in [0.25, 0.3) is 0 Å².